The van der Waals surface area contributed by atoms with Gasteiger partial charge in [0.1, 0.15) is 5.75 Å². The van der Waals surface area contributed by atoms with Crippen molar-refractivity contribution < 1.29 is 18.9 Å². The Morgan fingerprint density at radius 2 is 1.45 bits per heavy atom. The van der Waals surface area contributed by atoms with Crippen LogP contribution in [0.15, 0.2) is 48.5 Å². The Morgan fingerprint density at radius 3 is 2.07 bits per heavy atom. The zero-order chi connectivity index (χ0) is 19.9. The lowest BCUT2D eigenvalue weighted by Crippen LogP contribution is -2.10. The van der Waals surface area contributed by atoms with E-state index in [1.807, 2.05) is 12.1 Å². The predicted molar refractivity (Wildman–Crippen MR) is 114 cm³/mol. The molecule has 0 amide bonds. The van der Waals surface area contributed by atoms with Crippen LogP contribution in [0, 0.1) is 0 Å². The highest BCUT2D eigenvalue weighted by atomic mass is 16.6. The maximum Gasteiger partial charge on any atom is 0.119 e. The number of hydrogen-bond acceptors (Lipinski definition) is 4. The van der Waals surface area contributed by atoms with Gasteiger partial charge in [-0.25, -0.2) is 0 Å². The second-order valence-electron chi connectivity index (χ2n) is 8.13. The SMILES string of the molecule is CC(CCCc1ccc(-c2ccc(OCCC3CO3)cc2)cc1)OCCC1CO1. The van der Waals surface area contributed by atoms with E-state index < -0.39 is 0 Å². The fourth-order valence-electron chi connectivity index (χ4n) is 3.46. The van der Waals surface area contributed by atoms with Gasteiger partial charge in [-0.1, -0.05) is 36.4 Å². The summed E-state index contributed by atoms with van der Waals surface area (Å²) in [5.41, 5.74) is 3.84. The fourth-order valence-corrected chi connectivity index (χ4v) is 3.46. The molecule has 2 aliphatic rings. The van der Waals surface area contributed by atoms with Crippen molar-refractivity contribution in [2.24, 2.45) is 0 Å². The van der Waals surface area contributed by atoms with Gasteiger partial charge in [-0.2, -0.15) is 0 Å². The molecular weight excluding hydrogens is 364 g/mol. The van der Waals surface area contributed by atoms with E-state index in [4.69, 9.17) is 18.9 Å². The van der Waals surface area contributed by atoms with Crippen molar-refractivity contribution in [2.45, 2.75) is 57.3 Å². The molecule has 156 valence electrons. The van der Waals surface area contributed by atoms with E-state index in [-0.39, 0.29) is 0 Å². The van der Waals surface area contributed by atoms with Crippen molar-refractivity contribution in [1.82, 2.24) is 0 Å². The van der Waals surface area contributed by atoms with Gasteiger partial charge in [0, 0.05) is 13.0 Å². The normalized spacial score (nSPS) is 21.0. The monoisotopic (exact) mass is 396 g/mol. The first-order valence-electron chi connectivity index (χ1n) is 10.9. The summed E-state index contributed by atoms with van der Waals surface area (Å²) >= 11 is 0. The summed E-state index contributed by atoms with van der Waals surface area (Å²) in [7, 11) is 0. The highest BCUT2D eigenvalue weighted by Gasteiger charge is 2.22. The lowest BCUT2D eigenvalue weighted by atomic mass is 10.0. The van der Waals surface area contributed by atoms with Crippen LogP contribution >= 0.6 is 0 Å². The van der Waals surface area contributed by atoms with Gasteiger partial charge in [-0.05, 0) is 61.4 Å². The van der Waals surface area contributed by atoms with Crippen molar-refractivity contribution in [3.8, 4) is 16.9 Å². The topological polar surface area (TPSA) is 43.5 Å². The van der Waals surface area contributed by atoms with Crippen molar-refractivity contribution in [3.05, 3.63) is 54.1 Å². The molecule has 29 heavy (non-hydrogen) atoms. The molecule has 0 aromatic heterocycles. The quantitative estimate of drug-likeness (QED) is 0.445. The van der Waals surface area contributed by atoms with Gasteiger partial charge in [-0.15, -0.1) is 0 Å². The molecule has 2 heterocycles. The third-order valence-electron chi connectivity index (χ3n) is 5.57. The Hall–Kier alpha value is -1.88. The van der Waals surface area contributed by atoms with E-state index in [1.54, 1.807) is 0 Å². The van der Waals surface area contributed by atoms with Crippen LogP contribution in [0.4, 0.5) is 0 Å². The largest absolute Gasteiger partial charge is 0.493 e. The van der Waals surface area contributed by atoms with Crippen molar-refractivity contribution in [2.75, 3.05) is 26.4 Å². The molecule has 4 nitrogen and oxygen atoms in total. The molecule has 4 rings (SSSR count). The molecule has 2 fully saturated rings. The minimum Gasteiger partial charge on any atom is -0.493 e. The van der Waals surface area contributed by atoms with E-state index in [0.717, 1.165) is 64.3 Å². The Balaban J connectivity index is 1.16. The number of hydrogen-bond donors (Lipinski definition) is 0. The molecule has 4 heteroatoms. The summed E-state index contributed by atoms with van der Waals surface area (Å²) in [6, 6.07) is 17.3. The van der Waals surface area contributed by atoms with Crippen LogP contribution in [0.5, 0.6) is 5.75 Å². The van der Waals surface area contributed by atoms with E-state index in [1.165, 1.54) is 16.7 Å². The Bertz CT molecular complexity index is 732. The van der Waals surface area contributed by atoms with Gasteiger partial charge in [0.15, 0.2) is 0 Å². The predicted octanol–water partition coefficient (Wildman–Crippen LogP) is 5.04. The van der Waals surface area contributed by atoms with Crippen molar-refractivity contribution >= 4 is 0 Å². The van der Waals surface area contributed by atoms with Crippen LogP contribution in [0.1, 0.15) is 38.2 Å². The molecule has 3 atom stereocenters. The van der Waals surface area contributed by atoms with Gasteiger partial charge in [0.2, 0.25) is 0 Å². The first kappa shape index (κ1) is 20.4. The number of aryl methyl sites for hydroxylation is 1. The minimum absolute atomic E-state index is 0.325. The van der Waals surface area contributed by atoms with Crippen LogP contribution < -0.4 is 4.74 Å². The average molecular weight is 397 g/mol. The van der Waals surface area contributed by atoms with Crippen LogP contribution in [0.25, 0.3) is 11.1 Å². The average Bonchev–Trinajstić information content (AvgIpc) is 3.65. The first-order valence-corrected chi connectivity index (χ1v) is 10.9. The maximum absolute atomic E-state index is 5.86. The van der Waals surface area contributed by atoms with Crippen molar-refractivity contribution in [3.63, 3.8) is 0 Å². The third-order valence-corrected chi connectivity index (χ3v) is 5.57. The molecule has 0 radical (unpaired) electrons. The number of rotatable bonds is 13. The van der Waals surface area contributed by atoms with Crippen LogP contribution in [-0.4, -0.2) is 44.7 Å². The standard InChI is InChI=1S/C25H32O4/c1-19(26-15-13-24-17-28-24)3-2-4-20-5-7-21(8-6-20)22-9-11-23(12-10-22)27-16-14-25-18-29-25/h5-12,19,24-25H,2-4,13-18H2,1H3. The van der Waals surface area contributed by atoms with Gasteiger partial charge in [-0.3, -0.25) is 0 Å². The molecule has 0 aliphatic carbocycles. The number of benzene rings is 2. The second kappa shape index (κ2) is 10.2. The van der Waals surface area contributed by atoms with Gasteiger partial charge in [0.25, 0.3) is 0 Å². The zero-order valence-corrected chi connectivity index (χ0v) is 17.3. The summed E-state index contributed by atoms with van der Waals surface area (Å²) in [6.45, 7) is 5.52. The molecule has 2 saturated heterocycles. The summed E-state index contributed by atoms with van der Waals surface area (Å²) in [4.78, 5) is 0. The number of ether oxygens (including phenoxy) is 4. The van der Waals surface area contributed by atoms with E-state index in [2.05, 4.69) is 43.3 Å². The molecule has 0 saturated carbocycles. The molecule has 3 unspecified atom stereocenters. The molecule has 0 bridgehead atoms. The lowest BCUT2D eigenvalue weighted by molar-refractivity contribution is 0.0540. The Labute approximate surface area is 174 Å². The van der Waals surface area contributed by atoms with E-state index in [9.17, 15) is 0 Å². The van der Waals surface area contributed by atoms with Crippen LogP contribution in [0.3, 0.4) is 0 Å². The maximum atomic E-state index is 5.86. The molecule has 0 spiro atoms. The second-order valence-corrected chi connectivity index (χ2v) is 8.13. The highest BCUT2D eigenvalue weighted by Crippen LogP contribution is 2.24. The zero-order valence-electron chi connectivity index (χ0n) is 17.3. The van der Waals surface area contributed by atoms with E-state index in [0.29, 0.717) is 18.3 Å². The number of epoxide rings is 2. The highest BCUT2D eigenvalue weighted by molar-refractivity contribution is 5.64. The Kier molecular flexibility index (Phi) is 7.20. The molecule has 0 N–H and O–H groups in total. The first-order chi connectivity index (χ1) is 14.3. The summed E-state index contributed by atoms with van der Waals surface area (Å²) < 4.78 is 22.0. The fraction of sp³-hybridized carbons (Fsp3) is 0.520. The molecule has 2 aromatic rings. The van der Waals surface area contributed by atoms with Gasteiger partial charge < -0.3 is 18.9 Å². The van der Waals surface area contributed by atoms with E-state index >= 15 is 0 Å². The van der Waals surface area contributed by atoms with Crippen LogP contribution in [0.2, 0.25) is 0 Å². The smallest absolute Gasteiger partial charge is 0.119 e. The van der Waals surface area contributed by atoms with Crippen LogP contribution in [-0.2, 0) is 20.6 Å². The Morgan fingerprint density at radius 1 is 0.862 bits per heavy atom. The lowest BCUT2D eigenvalue weighted by Gasteiger charge is -2.12. The van der Waals surface area contributed by atoms with Crippen molar-refractivity contribution in [1.29, 1.82) is 0 Å². The summed E-state index contributed by atoms with van der Waals surface area (Å²) in [5.74, 6) is 0.923. The molecule has 2 aliphatic heterocycles. The summed E-state index contributed by atoms with van der Waals surface area (Å²) in [6.07, 6.45) is 6.57. The minimum atomic E-state index is 0.325. The molecular formula is C25H32O4. The third kappa shape index (κ3) is 7.14. The molecule has 2 aromatic carbocycles. The van der Waals surface area contributed by atoms with Gasteiger partial charge >= 0.3 is 0 Å². The summed E-state index contributed by atoms with van der Waals surface area (Å²) in [5, 5.41) is 0. The van der Waals surface area contributed by atoms with Gasteiger partial charge in [0.05, 0.1) is 38.1 Å².